The first kappa shape index (κ1) is 16.5. The topological polar surface area (TPSA) is 74.7 Å². The van der Waals surface area contributed by atoms with Crippen molar-refractivity contribution in [3.8, 4) is 0 Å². The van der Waals surface area contributed by atoms with Crippen molar-refractivity contribution in [2.45, 2.75) is 30.7 Å². The number of rotatable bonds is 3. The average molecular weight is 352 g/mol. The largest absolute Gasteiger partial charge is 0.481 e. The van der Waals surface area contributed by atoms with Crippen LogP contribution in [0.5, 0.6) is 0 Å². The number of carbonyl (C=O) groups is 1. The lowest BCUT2D eigenvalue weighted by Gasteiger charge is -2.36. The van der Waals surface area contributed by atoms with Crippen LogP contribution in [0, 0.1) is 5.92 Å². The molecule has 5 nitrogen and oxygen atoms in total. The molecule has 1 N–H and O–H groups in total. The molecule has 0 aliphatic carbocycles. The maximum atomic E-state index is 12.7. The summed E-state index contributed by atoms with van der Waals surface area (Å²) in [5.41, 5.74) is 0. The van der Waals surface area contributed by atoms with E-state index in [1.807, 2.05) is 0 Å². The summed E-state index contributed by atoms with van der Waals surface area (Å²) in [5, 5.41) is 9.60. The number of carboxylic acids is 1. The highest BCUT2D eigenvalue weighted by Crippen LogP contribution is 2.31. The van der Waals surface area contributed by atoms with Crippen LogP contribution in [-0.2, 0) is 14.8 Å². The minimum Gasteiger partial charge on any atom is -0.481 e. The van der Waals surface area contributed by atoms with Crippen LogP contribution in [0.15, 0.2) is 23.1 Å². The Balaban J connectivity index is 2.38. The van der Waals surface area contributed by atoms with Gasteiger partial charge in [0.15, 0.2) is 0 Å². The van der Waals surface area contributed by atoms with Crippen molar-refractivity contribution < 1.29 is 18.3 Å². The average Bonchev–Trinajstić information content (AvgIpc) is 2.41. The summed E-state index contributed by atoms with van der Waals surface area (Å²) in [6.45, 7) is 1.92. The van der Waals surface area contributed by atoms with E-state index in [1.54, 1.807) is 6.92 Å². The van der Waals surface area contributed by atoms with Crippen LogP contribution in [0.3, 0.4) is 0 Å². The summed E-state index contributed by atoms with van der Waals surface area (Å²) >= 11 is 11.7. The SMILES string of the molecule is C[C@@H]1[C@H](C(=O)O)CCCN1S(=O)(=O)c1ccc(Cl)c(Cl)c1. The molecular formula is C13H15Cl2NO4S. The minimum absolute atomic E-state index is 0.0230. The van der Waals surface area contributed by atoms with Gasteiger partial charge in [0.05, 0.1) is 20.9 Å². The van der Waals surface area contributed by atoms with Crippen molar-refractivity contribution in [3.05, 3.63) is 28.2 Å². The van der Waals surface area contributed by atoms with Gasteiger partial charge in [0, 0.05) is 12.6 Å². The zero-order valence-corrected chi connectivity index (χ0v) is 13.6. The van der Waals surface area contributed by atoms with E-state index in [-0.39, 0.29) is 14.9 Å². The molecule has 1 heterocycles. The van der Waals surface area contributed by atoms with Gasteiger partial charge in [0.1, 0.15) is 0 Å². The highest BCUT2D eigenvalue weighted by atomic mass is 35.5. The van der Waals surface area contributed by atoms with Crippen molar-refractivity contribution in [2.24, 2.45) is 5.92 Å². The zero-order valence-electron chi connectivity index (χ0n) is 11.3. The molecule has 2 atom stereocenters. The summed E-state index contributed by atoms with van der Waals surface area (Å²) in [6.07, 6.45) is 0.992. The van der Waals surface area contributed by atoms with E-state index in [0.717, 1.165) is 0 Å². The molecule has 8 heteroatoms. The third-order valence-electron chi connectivity index (χ3n) is 3.75. The molecule has 1 saturated heterocycles. The number of benzene rings is 1. The number of sulfonamides is 1. The summed E-state index contributed by atoms with van der Waals surface area (Å²) in [6, 6.07) is 3.48. The number of piperidine rings is 1. The van der Waals surface area contributed by atoms with E-state index in [1.165, 1.54) is 22.5 Å². The monoisotopic (exact) mass is 351 g/mol. The second kappa shape index (κ2) is 6.12. The predicted octanol–water partition coefficient (Wildman–Crippen LogP) is 2.87. The van der Waals surface area contributed by atoms with Gasteiger partial charge >= 0.3 is 5.97 Å². The van der Waals surface area contributed by atoms with Crippen molar-refractivity contribution in [2.75, 3.05) is 6.54 Å². The molecule has 1 aromatic rings. The van der Waals surface area contributed by atoms with Gasteiger partial charge in [0.25, 0.3) is 0 Å². The van der Waals surface area contributed by atoms with Gasteiger partial charge in [-0.2, -0.15) is 4.31 Å². The Bertz CT molecular complexity index is 662. The van der Waals surface area contributed by atoms with Crippen LogP contribution >= 0.6 is 23.2 Å². The van der Waals surface area contributed by atoms with Gasteiger partial charge in [-0.05, 0) is 38.0 Å². The molecule has 0 saturated carbocycles. The van der Waals surface area contributed by atoms with Crippen LogP contribution < -0.4 is 0 Å². The normalized spacial score (nSPS) is 24.0. The van der Waals surface area contributed by atoms with E-state index in [4.69, 9.17) is 23.2 Å². The second-order valence-electron chi connectivity index (χ2n) is 5.02. The fraction of sp³-hybridized carbons (Fsp3) is 0.462. The number of hydrogen-bond donors (Lipinski definition) is 1. The van der Waals surface area contributed by atoms with E-state index in [0.29, 0.717) is 19.4 Å². The van der Waals surface area contributed by atoms with E-state index in [9.17, 15) is 18.3 Å². The van der Waals surface area contributed by atoms with Gasteiger partial charge in [-0.15, -0.1) is 0 Å². The Morgan fingerprint density at radius 1 is 1.33 bits per heavy atom. The molecule has 1 aliphatic rings. The fourth-order valence-electron chi connectivity index (χ4n) is 2.55. The lowest BCUT2D eigenvalue weighted by atomic mass is 9.92. The maximum Gasteiger partial charge on any atom is 0.308 e. The first-order valence-electron chi connectivity index (χ1n) is 6.45. The van der Waals surface area contributed by atoms with E-state index in [2.05, 4.69) is 0 Å². The molecule has 0 spiro atoms. The number of aliphatic carboxylic acids is 1. The fourth-order valence-corrected chi connectivity index (χ4v) is 4.65. The van der Waals surface area contributed by atoms with Crippen LogP contribution in [0.25, 0.3) is 0 Å². The summed E-state index contributed by atoms with van der Waals surface area (Å²) < 4.78 is 26.6. The van der Waals surface area contributed by atoms with Gasteiger partial charge in [0.2, 0.25) is 10.0 Å². The maximum absolute atomic E-state index is 12.7. The molecule has 1 aliphatic heterocycles. The Hall–Kier alpha value is -0.820. The second-order valence-corrected chi connectivity index (χ2v) is 7.72. The van der Waals surface area contributed by atoms with E-state index >= 15 is 0 Å². The number of nitrogens with zero attached hydrogens (tertiary/aromatic N) is 1. The van der Waals surface area contributed by atoms with Crippen molar-refractivity contribution in [1.29, 1.82) is 0 Å². The molecule has 1 fully saturated rings. The van der Waals surface area contributed by atoms with Crippen LogP contribution in [0.4, 0.5) is 0 Å². The summed E-state index contributed by atoms with van der Waals surface area (Å²) in [5.74, 6) is -1.67. The van der Waals surface area contributed by atoms with Crippen LogP contribution in [-0.4, -0.2) is 36.4 Å². The summed E-state index contributed by atoms with van der Waals surface area (Å²) in [7, 11) is -3.79. The smallest absolute Gasteiger partial charge is 0.308 e. The minimum atomic E-state index is -3.79. The molecule has 0 amide bonds. The zero-order chi connectivity index (χ0) is 15.8. The number of halogens is 2. The third-order valence-corrected chi connectivity index (χ3v) is 6.47. The highest BCUT2D eigenvalue weighted by molar-refractivity contribution is 7.89. The molecule has 2 rings (SSSR count). The third kappa shape index (κ3) is 3.18. The molecule has 0 bridgehead atoms. The van der Waals surface area contributed by atoms with Crippen molar-refractivity contribution >= 4 is 39.2 Å². The highest BCUT2D eigenvalue weighted by Gasteiger charge is 2.39. The van der Waals surface area contributed by atoms with Crippen LogP contribution in [0.2, 0.25) is 10.0 Å². The molecular weight excluding hydrogens is 337 g/mol. The Morgan fingerprint density at radius 2 is 2.00 bits per heavy atom. The summed E-state index contributed by atoms with van der Waals surface area (Å²) in [4.78, 5) is 11.2. The number of carboxylic acid groups (broad SMARTS) is 1. The lowest BCUT2D eigenvalue weighted by Crippen LogP contribution is -2.48. The van der Waals surface area contributed by atoms with Gasteiger partial charge < -0.3 is 5.11 Å². The molecule has 0 radical (unpaired) electrons. The molecule has 116 valence electrons. The Labute approximate surface area is 133 Å². The first-order chi connectivity index (χ1) is 9.75. The molecule has 1 aromatic carbocycles. The van der Waals surface area contributed by atoms with Crippen LogP contribution in [0.1, 0.15) is 19.8 Å². The Morgan fingerprint density at radius 3 is 2.57 bits per heavy atom. The number of hydrogen-bond acceptors (Lipinski definition) is 3. The van der Waals surface area contributed by atoms with Gasteiger partial charge in [-0.25, -0.2) is 8.42 Å². The van der Waals surface area contributed by atoms with E-state index < -0.39 is 28.0 Å². The van der Waals surface area contributed by atoms with Gasteiger partial charge in [-0.1, -0.05) is 23.2 Å². The standard InChI is InChI=1S/C13H15Cl2NO4S/c1-8-10(13(17)18)3-2-6-16(8)21(19,20)9-4-5-11(14)12(15)7-9/h4-5,7-8,10H,2-3,6H2,1H3,(H,17,18)/t8-,10-/m1/s1. The molecule has 21 heavy (non-hydrogen) atoms. The van der Waals surface area contributed by atoms with Crippen molar-refractivity contribution in [1.82, 2.24) is 4.31 Å². The lowest BCUT2D eigenvalue weighted by molar-refractivity contribution is -0.144. The van der Waals surface area contributed by atoms with Crippen molar-refractivity contribution in [3.63, 3.8) is 0 Å². The first-order valence-corrected chi connectivity index (χ1v) is 8.64. The van der Waals surface area contributed by atoms with Gasteiger partial charge in [-0.3, -0.25) is 4.79 Å². The predicted molar refractivity (Wildman–Crippen MR) is 80.2 cm³/mol. The molecule has 0 aromatic heterocycles. The Kier molecular flexibility index (Phi) is 4.82. The quantitative estimate of drug-likeness (QED) is 0.908. The molecule has 0 unspecified atom stereocenters.